The Kier molecular flexibility index (Phi) is 4.78. The second-order valence-electron chi connectivity index (χ2n) is 3.60. The molecule has 1 atom stereocenters. The minimum atomic E-state index is -2.93. The van der Waals surface area contributed by atoms with Gasteiger partial charge in [-0.1, -0.05) is 13.8 Å². The van der Waals surface area contributed by atoms with E-state index >= 15 is 0 Å². The molecule has 74 valence electrons. The van der Waals surface area contributed by atoms with Crippen molar-refractivity contribution in [3.05, 3.63) is 0 Å². The average molecular weight is 193 g/mol. The normalized spacial score (nSPS) is 15.1. The Morgan fingerprint density at radius 1 is 1.25 bits per heavy atom. The lowest BCUT2D eigenvalue weighted by Gasteiger charge is -2.11. The van der Waals surface area contributed by atoms with Crippen LogP contribution in [0.15, 0.2) is 0 Å². The summed E-state index contributed by atoms with van der Waals surface area (Å²) in [5.74, 6) is 0.702. The Labute approximate surface area is 75.3 Å². The summed E-state index contributed by atoms with van der Waals surface area (Å²) >= 11 is 0. The van der Waals surface area contributed by atoms with Crippen molar-refractivity contribution < 1.29 is 8.42 Å². The minimum Gasteiger partial charge on any atom is -0.329 e. The smallest absolute Gasteiger partial charge is 0.154 e. The zero-order valence-electron chi connectivity index (χ0n) is 8.08. The van der Waals surface area contributed by atoms with Crippen LogP contribution >= 0.6 is 0 Å². The first-order chi connectivity index (χ1) is 5.40. The summed E-state index contributed by atoms with van der Waals surface area (Å²) in [6, 6.07) is 0. The van der Waals surface area contributed by atoms with E-state index in [4.69, 9.17) is 5.73 Å². The maximum Gasteiger partial charge on any atom is 0.154 e. The standard InChI is InChI=1S/C8H19NO2S/c1-7(2)4-5-12(10,11)8(3)6-9/h7-8H,4-6,9H2,1-3H3. The van der Waals surface area contributed by atoms with Crippen LogP contribution in [-0.4, -0.2) is 26.0 Å². The van der Waals surface area contributed by atoms with Gasteiger partial charge in [-0.2, -0.15) is 0 Å². The average Bonchev–Trinajstić information content (AvgIpc) is 1.99. The van der Waals surface area contributed by atoms with E-state index in [0.29, 0.717) is 5.92 Å². The van der Waals surface area contributed by atoms with Gasteiger partial charge in [-0.05, 0) is 19.3 Å². The molecule has 0 rings (SSSR count). The van der Waals surface area contributed by atoms with E-state index in [0.717, 1.165) is 6.42 Å². The first kappa shape index (κ1) is 11.9. The maximum absolute atomic E-state index is 11.4. The van der Waals surface area contributed by atoms with Crippen LogP contribution < -0.4 is 5.73 Å². The van der Waals surface area contributed by atoms with Gasteiger partial charge >= 0.3 is 0 Å². The predicted molar refractivity (Wildman–Crippen MR) is 51.8 cm³/mol. The molecule has 0 aliphatic rings. The Morgan fingerprint density at radius 3 is 2.08 bits per heavy atom. The molecule has 2 N–H and O–H groups in total. The van der Waals surface area contributed by atoms with Gasteiger partial charge in [0.05, 0.1) is 11.0 Å². The van der Waals surface area contributed by atoms with E-state index in [9.17, 15) is 8.42 Å². The minimum absolute atomic E-state index is 0.223. The molecular formula is C8H19NO2S. The van der Waals surface area contributed by atoms with E-state index < -0.39 is 15.1 Å². The molecule has 0 saturated carbocycles. The van der Waals surface area contributed by atoms with Gasteiger partial charge in [0.2, 0.25) is 0 Å². The third-order valence-electron chi connectivity index (χ3n) is 1.92. The molecule has 0 bridgehead atoms. The lowest BCUT2D eigenvalue weighted by Crippen LogP contribution is -2.29. The van der Waals surface area contributed by atoms with E-state index in [1.807, 2.05) is 13.8 Å². The van der Waals surface area contributed by atoms with Gasteiger partial charge in [-0.15, -0.1) is 0 Å². The molecule has 3 nitrogen and oxygen atoms in total. The van der Waals surface area contributed by atoms with Gasteiger partial charge < -0.3 is 5.73 Å². The maximum atomic E-state index is 11.4. The fourth-order valence-electron chi connectivity index (χ4n) is 0.748. The molecule has 0 aromatic carbocycles. The monoisotopic (exact) mass is 193 g/mol. The highest BCUT2D eigenvalue weighted by atomic mass is 32.2. The van der Waals surface area contributed by atoms with Crippen LogP contribution in [0.3, 0.4) is 0 Å². The Balaban J connectivity index is 4.06. The Bertz CT molecular complexity index is 209. The molecule has 0 aromatic heterocycles. The fourth-order valence-corrected chi connectivity index (χ4v) is 2.24. The van der Waals surface area contributed by atoms with Crippen LogP contribution in [0.2, 0.25) is 0 Å². The van der Waals surface area contributed by atoms with Crippen molar-refractivity contribution >= 4 is 9.84 Å². The van der Waals surface area contributed by atoms with Crippen LogP contribution in [-0.2, 0) is 9.84 Å². The predicted octanol–water partition coefficient (Wildman–Crippen LogP) is 0.794. The molecule has 1 unspecified atom stereocenters. The number of rotatable bonds is 5. The summed E-state index contributed by atoms with van der Waals surface area (Å²) < 4.78 is 22.8. The van der Waals surface area contributed by atoms with E-state index in [1.165, 1.54) is 0 Å². The van der Waals surface area contributed by atoms with Gasteiger partial charge in [0.1, 0.15) is 0 Å². The SMILES string of the molecule is CC(C)CCS(=O)(=O)C(C)CN. The first-order valence-electron chi connectivity index (χ1n) is 4.31. The van der Waals surface area contributed by atoms with E-state index in [2.05, 4.69) is 0 Å². The number of sulfone groups is 1. The molecule has 4 heteroatoms. The van der Waals surface area contributed by atoms with Crippen molar-refractivity contribution in [1.82, 2.24) is 0 Å². The number of hydrogen-bond donors (Lipinski definition) is 1. The van der Waals surface area contributed by atoms with Gasteiger partial charge in [0.25, 0.3) is 0 Å². The van der Waals surface area contributed by atoms with Gasteiger partial charge in [0.15, 0.2) is 9.84 Å². The second-order valence-corrected chi connectivity index (χ2v) is 6.13. The molecule has 0 aliphatic heterocycles. The largest absolute Gasteiger partial charge is 0.329 e. The summed E-state index contributed by atoms with van der Waals surface area (Å²) in [5.41, 5.74) is 5.29. The zero-order valence-corrected chi connectivity index (χ0v) is 8.89. The van der Waals surface area contributed by atoms with E-state index in [-0.39, 0.29) is 12.3 Å². The van der Waals surface area contributed by atoms with Gasteiger partial charge in [0, 0.05) is 6.54 Å². The molecule has 0 saturated heterocycles. The van der Waals surface area contributed by atoms with Crippen LogP contribution in [0.5, 0.6) is 0 Å². The highest BCUT2D eigenvalue weighted by molar-refractivity contribution is 7.92. The van der Waals surface area contributed by atoms with Gasteiger partial charge in [-0.3, -0.25) is 0 Å². The summed E-state index contributed by atoms with van der Waals surface area (Å²) in [5, 5.41) is -0.392. The van der Waals surface area contributed by atoms with Crippen molar-refractivity contribution in [1.29, 1.82) is 0 Å². The molecule has 0 radical (unpaired) electrons. The van der Waals surface area contributed by atoms with Crippen molar-refractivity contribution in [2.75, 3.05) is 12.3 Å². The van der Waals surface area contributed by atoms with Crippen molar-refractivity contribution in [2.24, 2.45) is 11.7 Å². The third-order valence-corrected chi connectivity index (χ3v) is 4.15. The molecule has 0 fully saturated rings. The van der Waals surface area contributed by atoms with Crippen LogP contribution in [0.1, 0.15) is 27.2 Å². The Hall–Kier alpha value is -0.0900. The third kappa shape index (κ3) is 4.07. The summed E-state index contributed by atoms with van der Waals surface area (Å²) in [6.45, 7) is 5.92. The van der Waals surface area contributed by atoms with Crippen LogP contribution in [0, 0.1) is 5.92 Å². The number of hydrogen-bond acceptors (Lipinski definition) is 3. The van der Waals surface area contributed by atoms with Crippen LogP contribution in [0.4, 0.5) is 0 Å². The van der Waals surface area contributed by atoms with Crippen molar-refractivity contribution in [3.8, 4) is 0 Å². The lowest BCUT2D eigenvalue weighted by molar-refractivity contribution is 0.564. The topological polar surface area (TPSA) is 60.2 Å². The zero-order chi connectivity index (χ0) is 9.78. The van der Waals surface area contributed by atoms with E-state index in [1.54, 1.807) is 6.92 Å². The highest BCUT2D eigenvalue weighted by Gasteiger charge is 2.18. The summed E-state index contributed by atoms with van der Waals surface area (Å²) in [4.78, 5) is 0. The second kappa shape index (κ2) is 4.82. The molecular weight excluding hydrogens is 174 g/mol. The molecule has 0 heterocycles. The van der Waals surface area contributed by atoms with Gasteiger partial charge in [-0.25, -0.2) is 8.42 Å². The summed E-state index contributed by atoms with van der Waals surface area (Å²) in [6.07, 6.45) is 0.729. The molecule has 12 heavy (non-hydrogen) atoms. The summed E-state index contributed by atoms with van der Waals surface area (Å²) in [7, 11) is -2.93. The Morgan fingerprint density at radius 2 is 1.75 bits per heavy atom. The van der Waals surface area contributed by atoms with Crippen LogP contribution in [0.25, 0.3) is 0 Å². The molecule has 0 aromatic rings. The van der Waals surface area contributed by atoms with Crippen molar-refractivity contribution in [2.45, 2.75) is 32.4 Å². The quantitative estimate of drug-likeness (QED) is 0.702. The lowest BCUT2D eigenvalue weighted by atomic mass is 10.2. The molecule has 0 amide bonds. The molecule has 0 aliphatic carbocycles. The number of nitrogens with two attached hydrogens (primary N) is 1. The molecule has 0 spiro atoms. The van der Waals surface area contributed by atoms with Crippen molar-refractivity contribution in [3.63, 3.8) is 0 Å². The first-order valence-corrected chi connectivity index (χ1v) is 6.03. The highest BCUT2D eigenvalue weighted by Crippen LogP contribution is 2.07. The fraction of sp³-hybridized carbons (Fsp3) is 1.00.